The largest absolute Gasteiger partial charge is 0.377 e. The van der Waals surface area contributed by atoms with Crippen LogP contribution >= 0.6 is 0 Å². The van der Waals surface area contributed by atoms with Crippen molar-refractivity contribution in [3.63, 3.8) is 0 Å². The number of oxazole rings is 1. The molecule has 1 aliphatic heterocycles. The third kappa shape index (κ3) is 9.62. The fraction of sp³-hybridized carbons (Fsp3) is 0.719. The van der Waals surface area contributed by atoms with Gasteiger partial charge >= 0.3 is 224 Å². The van der Waals surface area contributed by atoms with Crippen LogP contribution in [0.1, 0.15) is 73.6 Å². The van der Waals surface area contributed by atoms with Crippen molar-refractivity contribution in [2.45, 2.75) is 120 Å². The molecule has 2 heterocycles. The van der Waals surface area contributed by atoms with E-state index in [4.69, 9.17) is 28.0 Å². The molecule has 7 nitrogen and oxygen atoms in total. The van der Waals surface area contributed by atoms with Crippen molar-refractivity contribution >= 4 is 33.2 Å². The SMILES string of the molecule is C=CC[C@H](/C=C/C(C)=C/[C@H](O[Si](C(C)C)(C(C)C)C(C)C)[C@H]1C[C@@H](CO)C[C@](Cc2n[c]([Sn][CH3])co2)(OC)O1)OC. The van der Waals surface area contributed by atoms with Crippen molar-refractivity contribution in [3.8, 4) is 0 Å². The Balaban J connectivity index is 2.56. The van der Waals surface area contributed by atoms with Crippen molar-refractivity contribution < 1.29 is 28.2 Å². The second-order valence-electron chi connectivity index (χ2n) is 12.3. The Morgan fingerprint density at radius 2 is 1.88 bits per heavy atom. The summed E-state index contributed by atoms with van der Waals surface area (Å²) in [7, 11) is 1.11. The fourth-order valence-corrected chi connectivity index (χ4v) is 13.2. The molecule has 1 aromatic rings. The maximum absolute atomic E-state index is 10.4. The van der Waals surface area contributed by atoms with E-state index in [1.54, 1.807) is 20.5 Å². The van der Waals surface area contributed by atoms with E-state index in [0.717, 1.165) is 15.7 Å². The number of rotatable bonds is 17. The van der Waals surface area contributed by atoms with Crippen LogP contribution in [0.15, 0.2) is 47.1 Å². The van der Waals surface area contributed by atoms with Crippen LogP contribution in [0.2, 0.25) is 21.6 Å². The van der Waals surface area contributed by atoms with Crippen molar-refractivity contribution in [1.82, 2.24) is 4.98 Å². The van der Waals surface area contributed by atoms with E-state index in [-0.39, 0.29) is 30.8 Å². The molecular weight excluding hydrogens is 641 g/mol. The van der Waals surface area contributed by atoms with Crippen LogP contribution < -0.4 is 3.71 Å². The van der Waals surface area contributed by atoms with E-state index in [9.17, 15) is 5.11 Å². The molecule has 1 saturated heterocycles. The monoisotopic (exact) mass is 697 g/mol. The number of hydrogen-bond donors (Lipinski definition) is 1. The van der Waals surface area contributed by atoms with Gasteiger partial charge in [-0.15, -0.1) is 6.58 Å². The summed E-state index contributed by atoms with van der Waals surface area (Å²) in [5, 5.41) is 10.4. The Kier molecular flexibility index (Phi) is 15.0. The Bertz CT molecular complexity index is 971. The van der Waals surface area contributed by atoms with Crippen LogP contribution in [0.5, 0.6) is 0 Å². The van der Waals surface area contributed by atoms with E-state index < -0.39 is 35.2 Å². The minimum Gasteiger partial charge on any atom is -0.377 e. The van der Waals surface area contributed by atoms with Gasteiger partial charge in [-0.3, -0.25) is 0 Å². The molecule has 2 radical (unpaired) electrons. The minimum atomic E-state index is -2.29. The molecule has 9 heteroatoms. The number of ether oxygens (including phenoxy) is 3. The van der Waals surface area contributed by atoms with Crippen LogP contribution in [0.4, 0.5) is 0 Å². The van der Waals surface area contributed by atoms with Gasteiger partial charge < -0.3 is 4.74 Å². The first-order valence-corrected chi connectivity index (χ1v) is 21.5. The molecule has 0 amide bonds. The molecule has 5 atom stereocenters. The molecule has 0 spiro atoms. The molecule has 0 aromatic carbocycles. The Morgan fingerprint density at radius 1 is 1.22 bits per heavy atom. The predicted molar refractivity (Wildman–Crippen MR) is 170 cm³/mol. The summed E-state index contributed by atoms with van der Waals surface area (Å²) in [6, 6.07) is 0. The number of nitrogens with zero attached hydrogens (tertiary/aromatic N) is 1. The zero-order valence-electron chi connectivity index (χ0n) is 27.1. The van der Waals surface area contributed by atoms with E-state index >= 15 is 0 Å². The maximum atomic E-state index is 10.4. The van der Waals surface area contributed by atoms with E-state index in [1.807, 2.05) is 6.08 Å². The number of aliphatic hydroxyl groups excluding tert-OH is 1. The number of allylic oxidation sites excluding steroid dienone is 2. The van der Waals surface area contributed by atoms with Gasteiger partial charge in [-0.2, -0.15) is 0 Å². The summed E-state index contributed by atoms with van der Waals surface area (Å²) in [4.78, 5) is 6.92. The second kappa shape index (κ2) is 16.9. The molecular formula is C32H55NO6SiSn. The number of aromatic nitrogens is 1. The first-order chi connectivity index (χ1) is 19.4. The summed E-state index contributed by atoms with van der Waals surface area (Å²) in [6.45, 7) is 19.8. The van der Waals surface area contributed by atoms with Crippen LogP contribution in [0.3, 0.4) is 0 Å². The van der Waals surface area contributed by atoms with Gasteiger partial charge in [0, 0.05) is 7.11 Å². The summed E-state index contributed by atoms with van der Waals surface area (Å²) >= 11 is -0.707. The van der Waals surface area contributed by atoms with E-state index in [1.165, 1.54) is 0 Å². The van der Waals surface area contributed by atoms with Gasteiger partial charge in [0.15, 0.2) is 0 Å². The third-order valence-corrected chi connectivity index (χ3v) is 16.7. The Hall–Kier alpha value is -0.754. The van der Waals surface area contributed by atoms with Gasteiger partial charge in [0.2, 0.25) is 0 Å². The molecule has 1 aliphatic rings. The van der Waals surface area contributed by atoms with E-state index in [0.29, 0.717) is 41.8 Å². The van der Waals surface area contributed by atoms with Crippen LogP contribution in [0, 0.1) is 5.92 Å². The van der Waals surface area contributed by atoms with Crippen molar-refractivity contribution in [3.05, 3.63) is 48.6 Å². The number of hydrogen-bond acceptors (Lipinski definition) is 7. The summed E-state index contributed by atoms with van der Waals surface area (Å²) in [6.07, 6.45) is 11.7. The second-order valence-corrected chi connectivity index (χ2v) is 20.6. The summed E-state index contributed by atoms with van der Waals surface area (Å²) in [5.74, 6) is -0.337. The topological polar surface area (TPSA) is 83.2 Å². The molecule has 0 bridgehead atoms. The quantitative estimate of drug-likeness (QED) is 0.115. The zero-order chi connectivity index (χ0) is 30.8. The van der Waals surface area contributed by atoms with Gasteiger partial charge in [0.05, 0.1) is 6.10 Å². The zero-order valence-corrected chi connectivity index (χ0v) is 31.0. The molecule has 232 valence electrons. The maximum Gasteiger partial charge on any atom is 0.0363 e. The number of methoxy groups -OCH3 is 2. The first-order valence-electron chi connectivity index (χ1n) is 15.0. The molecule has 0 saturated carbocycles. The standard InChI is InChI=1S/C31H52NO6Si.CH3.Sn/c1-11-12-27(34-9)14-13-25(8)17-29(38-39(22(2)3,23(4)5)24(6)7)28-18-26(21-33)19-31(35-10,37-28)20-30-32-15-16-36-30;;/h11,13-14,16-17,22-24,26-29,33H,1,12,18-21H2,2-10H3;1H3;/b14-13+,25-17+;;/t26-,27-,28-,29+,31+;;/m1../s1. The fourth-order valence-electron chi connectivity index (χ4n) is 6.47. The molecule has 1 aromatic heterocycles. The molecule has 0 unspecified atom stereocenters. The van der Waals surface area contributed by atoms with Gasteiger partial charge in [0.1, 0.15) is 0 Å². The smallest absolute Gasteiger partial charge is 0.0363 e. The summed E-state index contributed by atoms with van der Waals surface area (Å²) < 4.78 is 32.9. The minimum absolute atomic E-state index is 0.000175. The first kappa shape index (κ1) is 36.4. The van der Waals surface area contributed by atoms with E-state index in [2.05, 4.69) is 78.2 Å². The van der Waals surface area contributed by atoms with Gasteiger partial charge in [0.25, 0.3) is 0 Å². The van der Waals surface area contributed by atoms with Gasteiger partial charge in [-0.25, -0.2) is 0 Å². The predicted octanol–water partition coefficient (Wildman–Crippen LogP) is 6.38. The van der Waals surface area contributed by atoms with Crippen LogP contribution in [0.25, 0.3) is 0 Å². The Labute approximate surface area is 260 Å². The normalized spacial score (nSPS) is 24.1. The molecule has 1 fully saturated rings. The average molecular weight is 697 g/mol. The average Bonchev–Trinajstić information content (AvgIpc) is 3.39. The molecule has 41 heavy (non-hydrogen) atoms. The Morgan fingerprint density at radius 3 is 2.37 bits per heavy atom. The van der Waals surface area contributed by atoms with Gasteiger partial charge in [-0.1, -0.05) is 6.08 Å². The molecule has 1 N–H and O–H groups in total. The van der Waals surface area contributed by atoms with Crippen molar-refractivity contribution in [2.24, 2.45) is 5.92 Å². The number of aliphatic hydroxyl groups is 1. The molecule has 0 aliphatic carbocycles. The van der Waals surface area contributed by atoms with Crippen molar-refractivity contribution in [2.75, 3.05) is 20.8 Å². The van der Waals surface area contributed by atoms with Crippen molar-refractivity contribution in [1.29, 1.82) is 0 Å². The third-order valence-electron chi connectivity index (χ3n) is 8.51. The van der Waals surface area contributed by atoms with Gasteiger partial charge in [-0.05, 0) is 6.42 Å². The summed E-state index contributed by atoms with van der Waals surface area (Å²) in [5.41, 5.74) is 2.31. The van der Waals surface area contributed by atoms with Crippen LogP contribution in [-0.2, 0) is 25.1 Å². The molecule has 2 rings (SSSR count). The van der Waals surface area contributed by atoms with Crippen LogP contribution in [-0.4, -0.2) is 84.5 Å².